The van der Waals surface area contributed by atoms with E-state index in [0.717, 1.165) is 18.2 Å². The molecular formula is C14H19FN2S. The zero-order valence-corrected chi connectivity index (χ0v) is 11.4. The number of anilines is 1. The van der Waals surface area contributed by atoms with Crippen molar-refractivity contribution in [2.45, 2.75) is 26.2 Å². The Balaban J connectivity index is 2.06. The number of thiocarbonyl (C=S) groups is 1. The monoisotopic (exact) mass is 266 g/mol. The molecule has 2 nitrogen and oxygen atoms in total. The lowest BCUT2D eigenvalue weighted by Gasteiger charge is -2.18. The van der Waals surface area contributed by atoms with Crippen LogP contribution in [0.5, 0.6) is 0 Å². The molecule has 0 aromatic heterocycles. The Morgan fingerprint density at radius 3 is 2.89 bits per heavy atom. The van der Waals surface area contributed by atoms with Crippen molar-refractivity contribution in [2.75, 3.05) is 11.9 Å². The lowest BCUT2D eigenvalue weighted by atomic mass is 9.98. The number of hydrogen-bond acceptors (Lipinski definition) is 2. The topological polar surface area (TPSA) is 38.0 Å². The Hall–Kier alpha value is -1.16. The van der Waals surface area contributed by atoms with E-state index in [1.807, 2.05) is 0 Å². The van der Waals surface area contributed by atoms with Crippen LogP contribution in [0.25, 0.3) is 0 Å². The molecule has 1 aliphatic carbocycles. The molecule has 2 rings (SSSR count). The summed E-state index contributed by atoms with van der Waals surface area (Å²) in [4.78, 5) is 0.233. The van der Waals surface area contributed by atoms with E-state index >= 15 is 0 Å². The fourth-order valence-electron chi connectivity index (χ4n) is 2.64. The molecule has 98 valence electrons. The summed E-state index contributed by atoms with van der Waals surface area (Å²) in [7, 11) is 0. The van der Waals surface area contributed by atoms with Gasteiger partial charge >= 0.3 is 0 Å². The number of rotatable bonds is 4. The summed E-state index contributed by atoms with van der Waals surface area (Å²) >= 11 is 4.95. The highest BCUT2D eigenvalue weighted by atomic mass is 32.1. The molecule has 0 aliphatic heterocycles. The van der Waals surface area contributed by atoms with Gasteiger partial charge in [-0.2, -0.15) is 0 Å². The molecule has 1 aromatic carbocycles. The van der Waals surface area contributed by atoms with E-state index in [1.165, 1.54) is 31.4 Å². The molecule has 0 bridgehead atoms. The molecule has 0 heterocycles. The van der Waals surface area contributed by atoms with Gasteiger partial charge in [-0.1, -0.05) is 32.0 Å². The van der Waals surface area contributed by atoms with Gasteiger partial charge in [0.2, 0.25) is 0 Å². The van der Waals surface area contributed by atoms with Gasteiger partial charge in [-0.25, -0.2) is 4.39 Å². The van der Waals surface area contributed by atoms with E-state index in [4.69, 9.17) is 18.0 Å². The third-order valence-electron chi connectivity index (χ3n) is 3.84. The number of benzene rings is 1. The van der Waals surface area contributed by atoms with Crippen LogP contribution in [0.4, 0.5) is 10.1 Å². The van der Waals surface area contributed by atoms with Crippen molar-refractivity contribution < 1.29 is 4.39 Å². The maximum atomic E-state index is 13.2. The summed E-state index contributed by atoms with van der Waals surface area (Å²) in [5, 5.41) is 3.36. The Morgan fingerprint density at radius 1 is 1.50 bits per heavy atom. The quantitative estimate of drug-likeness (QED) is 0.821. The smallest absolute Gasteiger partial charge is 0.124 e. The predicted molar refractivity (Wildman–Crippen MR) is 77.3 cm³/mol. The maximum Gasteiger partial charge on any atom is 0.124 e. The lowest BCUT2D eigenvalue weighted by molar-refractivity contribution is 0.439. The van der Waals surface area contributed by atoms with Crippen LogP contribution in [0.2, 0.25) is 0 Å². The summed E-state index contributed by atoms with van der Waals surface area (Å²) in [6.07, 6.45) is 3.87. The average Bonchev–Trinajstić information content (AvgIpc) is 2.73. The molecule has 18 heavy (non-hydrogen) atoms. The molecule has 0 amide bonds. The minimum atomic E-state index is -0.308. The highest BCUT2D eigenvalue weighted by Crippen LogP contribution is 2.31. The number of nitrogens with one attached hydrogen (secondary N) is 1. The summed E-state index contributed by atoms with van der Waals surface area (Å²) in [5.74, 6) is 1.14. The van der Waals surface area contributed by atoms with E-state index in [2.05, 4.69) is 12.2 Å². The molecule has 1 saturated carbocycles. The van der Waals surface area contributed by atoms with Crippen LogP contribution in [-0.4, -0.2) is 11.5 Å². The van der Waals surface area contributed by atoms with Crippen LogP contribution in [0, 0.1) is 17.7 Å². The molecule has 1 aliphatic rings. The summed E-state index contributed by atoms with van der Waals surface area (Å²) in [5.41, 5.74) is 7.05. The Bertz CT molecular complexity index is 447. The molecule has 1 fully saturated rings. The van der Waals surface area contributed by atoms with Gasteiger partial charge in [-0.05, 0) is 36.5 Å². The molecule has 4 heteroatoms. The molecule has 0 radical (unpaired) electrons. The zero-order valence-electron chi connectivity index (χ0n) is 10.6. The number of nitrogens with two attached hydrogens (primary N) is 1. The molecule has 3 N–H and O–H groups in total. The second kappa shape index (κ2) is 5.65. The van der Waals surface area contributed by atoms with Crippen LogP contribution >= 0.6 is 12.2 Å². The SMILES string of the molecule is CC1CCCC1CNc1ccc(F)cc1C(N)=S. The molecule has 2 unspecified atom stereocenters. The van der Waals surface area contributed by atoms with Gasteiger partial charge in [-0.15, -0.1) is 0 Å². The summed E-state index contributed by atoms with van der Waals surface area (Å²) < 4.78 is 13.2. The molecular weight excluding hydrogens is 247 g/mol. The van der Waals surface area contributed by atoms with Crippen molar-refractivity contribution >= 4 is 22.9 Å². The molecule has 2 atom stereocenters. The van der Waals surface area contributed by atoms with Gasteiger partial charge in [0.15, 0.2) is 0 Å². The van der Waals surface area contributed by atoms with E-state index in [1.54, 1.807) is 6.07 Å². The van der Waals surface area contributed by atoms with Crippen LogP contribution in [0.3, 0.4) is 0 Å². The van der Waals surface area contributed by atoms with Crippen molar-refractivity contribution in [1.29, 1.82) is 0 Å². The first-order chi connectivity index (χ1) is 8.58. The Labute approximate surface area is 113 Å². The van der Waals surface area contributed by atoms with Gasteiger partial charge in [-0.3, -0.25) is 0 Å². The van der Waals surface area contributed by atoms with E-state index in [-0.39, 0.29) is 10.8 Å². The third-order valence-corrected chi connectivity index (χ3v) is 4.06. The normalized spacial score (nSPS) is 23.0. The standard InChI is InChI=1S/C14H19FN2S/c1-9-3-2-4-10(9)8-17-13-6-5-11(15)7-12(13)14(16)18/h5-7,9-10,17H,2-4,8H2,1H3,(H2,16,18). The van der Waals surface area contributed by atoms with Crippen molar-refractivity contribution in [3.05, 3.63) is 29.6 Å². The van der Waals surface area contributed by atoms with Gasteiger partial charge < -0.3 is 11.1 Å². The van der Waals surface area contributed by atoms with E-state index in [0.29, 0.717) is 11.5 Å². The van der Waals surface area contributed by atoms with Crippen molar-refractivity contribution in [2.24, 2.45) is 17.6 Å². The highest BCUT2D eigenvalue weighted by Gasteiger charge is 2.23. The number of halogens is 1. The molecule has 0 spiro atoms. The van der Waals surface area contributed by atoms with E-state index in [9.17, 15) is 4.39 Å². The minimum absolute atomic E-state index is 0.233. The van der Waals surface area contributed by atoms with Crippen LogP contribution in [-0.2, 0) is 0 Å². The molecule has 0 saturated heterocycles. The highest BCUT2D eigenvalue weighted by molar-refractivity contribution is 7.80. The minimum Gasteiger partial charge on any atom is -0.389 e. The van der Waals surface area contributed by atoms with Crippen LogP contribution in [0.15, 0.2) is 18.2 Å². The first-order valence-corrected chi connectivity index (χ1v) is 6.82. The lowest BCUT2D eigenvalue weighted by Crippen LogP contribution is -2.19. The fraction of sp³-hybridized carbons (Fsp3) is 0.500. The van der Waals surface area contributed by atoms with Gasteiger partial charge in [0.1, 0.15) is 10.8 Å². The van der Waals surface area contributed by atoms with E-state index < -0.39 is 0 Å². The first kappa shape index (κ1) is 13.3. The van der Waals surface area contributed by atoms with Crippen LogP contribution in [0.1, 0.15) is 31.7 Å². The zero-order chi connectivity index (χ0) is 13.1. The molecule has 1 aromatic rings. The fourth-order valence-corrected chi connectivity index (χ4v) is 2.81. The van der Waals surface area contributed by atoms with Gasteiger partial charge in [0.05, 0.1) is 0 Å². The Kier molecular flexibility index (Phi) is 4.17. The maximum absolute atomic E-state index is 13.2. The van der Waals surface area contributed by atoms with Gasteiger partial charge in [0.25, 0.3) is 0 Å². The first-order valence-electron chi connectivity index (χ1n) is 6.41. The van der Waals surface area contributed by atoms with Crippen LogP contribution < -0.4 is 11.1 Å². The second-order valence-electron chi connectivity index (χ2n) is 5.10. The predicted octanol–water partition coefficient (Wildman–Crippen LogP) is 3.31. The van der Waals surface area contributed by atoms with Crippen molar-refractivity contribution in [1.82, 2.24) is 0 Å². The summed E-state index contributed by atoms with van der Waals surface area (Å²) in [6.45, 7) is 3.20. The summed E-state index contributed by atoms with van der Waals surface area (Å²) in [6, 6.07) is 4.54. The third kappa shape index (κ3) is 2.99. The van der Waals surface area contributed by atoms with Crippen molar-refractivity contribution in [3.8, 4) is 0 Å². The Morgan fingerprint density at radius 2 is 2.28 bits per heavy atom. The van der Waals surface area contributed by atoms with Gasteiger partial charge in [0, 0.05) is 17.8 Å². The van der Waals surface area contributed by atoms with Crippen molar-refractivity contribution in [3.63, 3.8) is 0 Å². The average molecular weight is 266 g/mol. The largest absolute Gasteiger partial charge is 0.389 e. The number of hydrogen-bond donors (Lipinski definition) is 2. The second-order valence-corrected chi connectivity index (χ2v) is 5.54.